The lowest BCUT2D eigenvalue weighted by molar-refractivity contribution is 1.26. The van der Waals surface area contributed by atoms with Gasteiger partial charge in [-0.3, -0.25) is 0 Å². The van der Waals surface area contributed by atoms with E-state index in [1.54, 1.807) is 11.3 Å². The fraction of sp³-hybridized carbons (Fsp3) is 0.100. The van der Waals surface area contributed by atoms with E-state index < -0.39 is 0 Å². The molecule has 12 heavy (non-hydrogen) atoms. The molecule has 2 heteroatoms. The van der Waals surface area contributed by atoms with Crippen LogP contribution in [0.1, 0.15) is 6.42 Å². The van der Waals surface area contributed by atoms with Crippen molar-refractivity contribution in [2.24, 2.45) is 0 Å². The molecular weight excluding hydrogens is 166 g/mol. The highest BCUT2D eigenvalue weighted by atomic mass is 32.1. The van der Waals surface area contributed by atoms with Crippen LogP contribution in [-0.2, 0) is 0 Å². The minimum Gasteiger partial charge on any atom is -0.244 e. The van der Waals surface area contributed by atoms with Crippen LogP contribution in [-0.4, -0.2) is 4.98 Å². The van der Waals surface area contributed by atoms with Crippen molar-refractivity contribution in [3.05, 3.63) is 39.2 Å². The third kappa shape index (κ3) is 0.703. The minimum absolute atomic E-state index is 1.04. The maximum Gasteiger partial charge on any atom is 0.0853 e. The molecule has 0 amide bonds. The topological polar surface area (TPSA) is 12.9 Å². The number of hydrogen-bond donors (Lipinski definition) is 0. The summed E-state index contributed by atoms with van der Waals surface area (Å²) in [6.45, 7) is 0. The highest BCUT2D eigenvalue weighted by molar-refractivity contribution is 7.07. The number of nitrogens with zero attached hydrogens (tertiary/aromatic N) is 1. The molecule has 2 aliphatic rings. The van der Waals surface area contributed by atoms with Gasteiger partial charge in [-0.05, 0) is 23.6 Å². The van der Waals surface area contributed by atoms with Gasteiger partial charge >= 0.3 is 0 Å². The summed E-state index contributed by atoms with van der Waals surface area (Å²) in [6, 6.07) is 0. The Morgan fingerprint density at radius 3 is 3.42 bits per heavy atom. The fourth-order valence-electron chi connectivity index (χ4n) is 1.67. The molecule has 2 aliphatic carbocycles. The van der Waals surface area contributed by atoms with Crippen molar-refractivity contribution >= 4 is 23.0 Å². The van der Waals surface area contributed by atoms with Crippen molar-refractivity contribution < 1.29 is 0 Å². The number of hydrogen-bond acceptors (Lipinski definition) is 2. The molecule has 0 N–H and O–H groups in total. The van der Waals surface area contributed by atoms with Crippen molar-refractivity contribution in [2.45, 2.75) is 6.42 Å². The first-order valence-electron chi connectivity index (χ1n) is 3.97. The van der Waals surface area contributed by atoms with Crippen LogP contribution in [0, 0.1) is 0 Å². The lowest BCUT2D eigenvalue weighted by Crippen LogP contribution is -2.19. The molecule has 0 fully saturated rings. The summed E-state index contributed by atoms with van der Waals surface area (Å²) in [7, 11) is 0. The van der Waals surface area contributed by atoms with Gasteiger partial charge in [-0.1, -0.05) is 18.2 Å². The van der Waals surface area contributed by atoms with Crippen molar-refractivity contribution in [1.82, 2.24) is 4.98 Å². The summed E-state index contributed by atoms with van der Waals surface area (Å²) in [6.07, 6.45) is 9.73. The van der Waals surface area contributed by atoms with Crippen LogP contribution in [0.15, 0.2) is 29.3 Å². The first-order chi connectivity index (χ1) is 5.95. The van der Waals surface area contributed by atoms with E-state index in [9.17, 15) is 0 Å². The lowest BCUT2D eigenvalue weighted by Gasteiger charge is -2.03. The van der Waals surface area contributed by atoms with Crippen LogP contribution in [0.4, 0.5) is 0 Å². The van der Waals surface area contributed by atoms with Crippen molar-refractivity contribution in [1.29, 1.82) is 0 Å². The zero-order valence-corrected chi connectivity index (χ0v) is 7.27. The Kier molecular flexibility index (Phi) is 1.15. The highest BCUT2D eigenvalue weighted by Gasteiger charge is 2.12. The van der Waals surface area contributed by atoms with Crippen LogP contribution < -0.4 is 9.88 Å². The van der Waals surface area contributed by atoms with E-state index in [0.717, 1.165) is 6.42 Å². The Hall–Kier alpha value is -1.15. The molecule has 58 valence electrons. The number of aromatic nitrogens is 1. The largest absolute Gasteiger partial charge is 0.244 e. The average Bonchev–Trinajstić information content (AvgIpc) is 2.62. The van der Waals surface area contributed by atoms with E-state index in [1.807, 2.05) is 5.51 Å². The van der Waals surface area contributed by atoms with Crippen LogP contribution in [0.3, 0.4) is 0 Å². The summed E-state index contributed by atoms with van der Waals surface area (Å²) in [4.78, 5) is 4.36. The van der Waals surface area contributed by atoms with Gasteiger partial charge in [0, 0.05) is 0 Å². The van der Waals surface area contributed by atoms with Gasteiger partial charge in [0.1, 0.15) is 0 Å². The van der Waals surface area contributed by atoms with Crippen LogP contribution in [0.25, 0.3) is 11.6 Å². The number of allylic oxidation sites excluding steroid dienone is 4. The predicted molar refractivity (Wildman–Crippen MR) is 51.1 cm³/mol. The molecule has 0 saturated heterocycles. The van der Waals surface area contributed by atoms with Gasteiger partial charge in [0.05, 0.1) is 15.4 Å². The zero-order valence-electron chi connectivity index (χ0n) is 6.45. The van der Waals surface area contributed by atoms with Crippen LogP contribution in [0.5, 0.6) is 0 Å². The predicted octanol–water partition coefficient (Wildman–Crippen LogP) is 0.974. The maximum atomic E-state index is 4.36. The normalized spacial score (nSPS) is 18.3. The standard InChI is InChI=1S/C10H7NS/c1-2-4-8-7(3-1)5-9-10(8)11-6-12-9/h1-3,5-6H,4H2. The zero-order chi connectivity index (χ0) is 7.97. The number of fused-ring (bicyclic) bond motifs is 2. The number of thiazole rings is 1. The second-order valence-corrected chi connectivity index (χ2v) is 3.83. The second-order valence-electron chi connectivity index (χ2n) is 2.94. The monoisotopic (exact) mass is 173 g/mol. The molecular formula is C10H7NS. The maximum absolute atomic E-state index is 4.36. The van der Waals surface area contributed by atoms with Crippen molar-refractivity contribution in [3.63, 3.8) is 0 Å². The second kappa shape index (κ2) is 2.17. The fourth-order valence-corrected chi connectivity index (χ4v) is 2.42. The quantitative estimate of drug-likeness (QED) is 0.570. The Morgan fingerprint density at radius 2 is 2.42 bits per heavy atom. The van der Waals surface area contributed by atoms with Gasteiger partial charge in [0.25, 0.3) is 0 Å². The SMILES string of the molecule is C1=CCC2=c3ncsc3=CC2=C1. The summed E-state index contributed by atoms with van der Waals surface area (Å²) in [5.41, 5.74) is 4.67. The minimum atomic E-state index is 1.04. The Balaban J connectivity index is 2.47. The Morgan fingerprint density at radius 1 is 1.42 bits per heavy atom. The Bertz CT molecular complexity index is 502. The average molecular weight is 173 g/mol. The molecule has 0 bridgehead atoms. The number of rotatable bonds is 0. The van der Waals surface area contributed by atoms with Gasteiger partial charge in [-0.2, -0.15) is 0 Å². The highest BCUT2D eigenvalue weighted by Crippen LogP contribution is 2.22. The molecule has 1 heterocycles. The van der Waals surface area contributed by atoms with Crippen LogP contribution >= 0.6 is 11.3 Å². The molecule has 0 aliphatic heterocycles. The molecule has 0 radical (unpaired) electrons. The summed E-state index contributed by atoms with van der Waals surface area (Å²) >= 11 is 1.72. The van der Waals surface area contributed by atoms with Crippen LogP contribution in [0.2, 0.25) is 0 Å². The molecule has 0 unspecified atom stereocenters. The first kappa shape index (κ1) is 6.38. The van der Waals surface area contributed by atoms with Gasteiger partial charge in [0.15, 0.2) is 0 Å². The van der Waals surface area contributed by atoms with Gasteiger partial charge < -0.3 is 0 Å². The molecule has 1 nitrogen and oxygen atoms in total. The Labute approximate surface area is 74.1 Å². The molecule has 0 atom stereocenters. The smallest absolute Gasteiger partial charge is 0.0853 e. The molecule has 0 saturated carbocycles. The third-order valence-corrected chi connectivity index (χ3v) is 3.03. The first-order valence-corrected chi connectivity index (χ1v) is 4.85. The molecule has 1 aromatic rings. The lowest BCUT2D eigenvalue weighted by atomic mass is 10.0. The summed E-state index contributed by atoms with van der Waals surface area (Å²) < 4.78 is 1.32. The molecule has 0 spiro atoms. The van der Waals surface area contributed by atoms with E-state index in [1.165, 1.54) is 21.0 Å². The summed E-state index contributed by atoms with van der Waals surface area (Å²) in [5.74, 6) is 0. The van der Waals surface area contributed by atoms with Crippen molar-refractivity contribution in [2.75, 3.05) is 0 Å². The van der Waals surface area contributed by atoms with E-state index in [0.29, 0.717) is 0 Å². The molecule has 0 aromatic carbocycles. The van der Waals surface area contributed by atoms with Gasteiger partial charge in [-0.15, -0.1) is 11.3 Å². The van der Waals surface area contributed by atoms with E-state index in [4.69, 9.17) is 0 Å². The van der Waals surface area contributed by atoms with Crippen molar-refractivity contribution in [3.8, 4) is 0 Å². The third-order valence-electron chi connectivity index (χ3n) is 2.25. The van der Waals surface area contributed by atoms with E-state index in [2.05, 4.69) is 29.3 Å². The van der Waals surface area contributed by atoms with Gasteiger partial charge in [-0.25, -0.2) is 4.98 Å². The van der Waals surface area contributed by atoms with E-state index >= 15 is 0 Å². The van der Waals surface area contributed by atoms with E-state index in [-0.39, 0.29) is 0 Å². The molecule has 1 aromatic heterocycles. The summed E-state index contributed by atoms with van der Waals surface area (Å²) in [5, 5.41) is 1.20. The van der Waals surface area contributed by atoms with Gasteiger partial charge in [0.2, 0.25) is 0 Å². The molecule has 3 rings (SSSR count).